The van der Waals surface area contributed by atoms with Crippen LogP contribution in [0.1, 0.15) is 26.2 Å². The van der Waals surface area contributed by atoms with Crippen molar-refractivity contribution in [2.45, 2.75) is 44.6 Å². The van der Waals surface area contributed by atoms with Crippen molar-refractivity contribution in [3.63, 3.8) is 0 Å². The van der Waals surface area contributed by atoms with Gasteiger partial charge in [0, 0.05) is 14.2 Å². The Bertz CT molecular complexity index is 313. The molecule has 0 aliphatic carbocycles. The van der Waals surface area contributed by atoms with E-state index in [1.54, 1.807) is 0 Å². The van der Waals surface area contributed by atoms with E-state index in [-0.39, 0.29) is 6.42 Å². The van der Waals surface area contributed by atoms with Gasteiger partial charge in [-0.05, 0) is 25.9 Å². The van der Waals surface area contributed by atoms with Crippen LogP contribution in [0.4, 0.5) is 0 Å². The predicted octanol–water partition coefficient (Wildman–Crippen LogP) is 2.44. The molecule has 8 heteroatoms. The number of aliphatic carboxylic acids is 1. The summed E-state index contributed by atoms with van der Waals surface area (Å²) in [5.74, 6) is -1.29. The fourth-order valence-electron chi connectivity index (χ4n) is 1.71. The molecule has 0 aromatic carbocycles. The van der Waals surface area contributed by atoms with Gasteiger partial charge in [-0.2, -0.15) is 0 Å². The zero-order valence-corrected chi connectivity index (χ0v) is 13.7. The van der Waals surface area contributed by atoms with Crippen LogP contribution < -0.4 is 0 Å². The first kappa shape index (κ1) is 17.8. The molecule has 0 bridgehead atoms. The number of hydrogen-bond acceptors (Lipinski definition) is 5. The van der Waals surface area contributed by atoms with Crippen LogP contribution >= 0.6 is 7.60 Å². The van der Waals surface area contributed by atoms with Crippen LogP contribution in [0.15, 0.2) is 0 Å². The molecule has 1 N–H and O–H groups in total. The van der Waals surface area contributed by atoms with E-state index in [0.717, 1.165) is 6.42 Å². The third kappa shape index (κ3) is 3.65. The van der Waals surface area contributed by atoms with Gasteiger partial charge in [-0.1, -0.05) is 13.3 Å². The monoisotopic (exact) mass is 298 g/mol. The summed E-state index contributed by atoms with van der Waals surface area (Å²) in [4.78, 5) is 11.6. The first-order valence-corrected chi connectivity index (χ1v) is 10.2. The van der Waals surface area contributed by atoms with Crippen molar-refractivity contribution in [2.75, 3.05) is 14.2 Å². The van der Waals surface area contributed by atoms with Gasteiger partial charge in [0.05, 0.1) is 0 Å². The van der Waals surface area contributed by atoms with Crippen molar-refractivity contribution in [1.82, 2.24) is 0 Å². The first-order valence-electron chi connectivity index (χ1n) is 5.92. The molecular formula is C10H23O6PSi. The number of rotatable bonds is 9. The Morgan fingerprint density at radius 2 is 1.83 bits per heavy atom. The van der Waals surface area contributed by atoms with Gasteiger partial charge in [0.15, 0.2) is 9.04 Å². The fourth-order valence-corrected chi connectivity index (χ4v) is 5.26. The highest BCUT2D eigenvalue weighted by molar-refractivity contribution is 7.56. The second kappa shape index (κ2) is 7.40. The van der Waals surface area contributed by atoms with Crippen molar-refractivity contribution >= 4 is 22.6 Å². The van der Waals surface area contributed by atoms with E-state index in [1.165, 1.54) is 14.2 Å². The lowest BCUT2D eigenvalue weighted by Gasteiger charge is -2.35. The van der Waals surface area contributed by atoms with E-state index in [4.69, 9.17) is 13.5 Å². The summed E-state index contributed by atoms with van der Waals surface area (Å²) in [6.07, 6.45) is 1.46. The van der Waals surface area contributed by atoms with Crippen LogP contribution in [-0.2, 0) is 22.8 Å². The van der Waals surface area contributed by atoms with E-state index >= 15 is 0 Å². The summed E-state index contributed by atoms with van der Waals surface area (Å²) in [6.45, 7) is 5.56. The van der Waals surface area contributed by atoms with Gasteiger partial charge in [0.25, 0.3) is 5.34 Å². The zero-order valence-electron chi connectivity index (χ0n) is 11.6. The van der Waals surface area contributed by atoms with Crippen LogP contribution in [0.25, 0.3) is 0 Å². The minimum Gasteiger partial charge on any atom is -0.479 e. The normalized spacial score (nSPS) is 15.7. The highest BCUT2D eigenvalue weighted by Gasteiger charge is 2.57. The number of hydrogen-bond donors (Lipinski definition) is 1. The highest BCUT2D eigenvalue weighted by atomic mass is 31.2. The SMILES string of the molecule is CCCCC(O[SiH](C)C)(C(=O)O)P(=O)(OC)OC. The Morgan fingerprint density at radius 3 is 2.11 bits per heavy atom. The van der Waals surface area contributed by atoms with Crippen LogP contribution in [0.3, 0.4) is 0 Å². The Hall–Kier alpha value is -0.203. The highest BCUT2D eigenvalue weighted by Crippen LogP contribution is 2.61. The molecule has 0 spiro atoms. The maximum Gasteiger partial charge on any atom is 0.372 e. The largest absolute Gasteiger partial charge is 0.479 e. The molecule has 0 aromatic rings. The lowest BCUT2D eigenvalue weighted by Crippen LogP contribution is -2.45. The lowest BCUT2D eigenvalue weighted by molar-refractivity contribution is -0.150. The molecule has 0 rings (SSSR count). The first-order chi connectivity index (χ1) is 8.29. The Kier molecular flexibility index (Phi) is 7.32. The van der Waals surface area contributed by atoms with Gasteiger partial charge in [-0.25, -0.2) is 4.79 Å². The molecule has 18 heavy (non-hydrogen) atoms. The molecule has 0 radical (unpaired) electrons. The Balaban J connectivity index is 5.58. The molecule has 6 nitrogen and oxygen atoms in total. The van der Waals surface area contributed by atoms with E-state index in [2.05, 4.69) is 0 Å². The summed E-state index contributed by atoms with van der Waals surface area (Å²) >= 11 is 0. The molecule has 0 aromatic heterocycles. The van der Waals surface area contributed by atoms with E-state index in [1.807, 2.05) is 20.0 Å². The van der Waals surface area contributed by atoms with Crippen LogP contribution in [0.2, 0.25) is 13.1 Å². The van der Waals surface area contributed by atoms with Crippen molar-refractivity contribution in [1.29, 1.82) is 0 Å². The number of carboxylic acids is 1. The number of unbranched alkanes of at least 4 members (excludes halogenated alkanes) is 1. The fraction of sp³-hybridized carbons (Fsp3) is 0.900. The molecular weight excluding hydrogens is 275 g/mol. The van der Waals surface area contributed by atoms with Crippen molar-refractivity contribution in [2.24, 2.45) is 0 Å². The average molecular weight is 298 g/mol. The Labute approximate surface area is 110 Å². The quantitative estimate of drug-likeness (QED) is 0.520. The third-order valence-corrected chi connectivity index (χ3v) is 6.00. The summed E-state index contributed by atoms with van der Waals surface area (Å²) in [7, 11) is -3.22. The molecule has 0 amide bonds. The molecule has 0 fully saturated rings. The van der Waals surface area contributed by atoms with Gasteiger partial charge in [-0.3, -0.25) is 4.57 Å². The molecule has 1 atom stereocenters. The van der Waals surface area contributed by atoms with Crippen LogP contribution in [0.5, 0.6) is 0 Å². The van der Waals surface area contributed by atoms with Crippen molar-refractivity contribution < 1.29 is 27.9 Å². The van der Waals surface area contributed by atoms with Crippen LogP contribution in [0, 0.1) is 0 Å². The van der Waals surface area contributed by atoms with Gasteiger partial charge < -0.3 is 18.6 Å². The third-order valence-electron chi connectivity index (χ3n) is 2.56. The number of carbonyl (C=O) groups is 1. The van der Waals surface area contributed by atoms with Gasteiger partial charge in [-0.15, -0.1) is 0 Å². The molecule has 0 saturated heterocycles. The van der Waals surface area contributed by atoms with Gasteiger partial charge >= 0.3 is 13.6 Å². The zero-order chi connectivity index (χ0) is 14.4. The average Bonchev–Trinajstić information content (AvgIpc) is 2.32. The summed E-state index contributed by atoms with van der Waals surface area (Å²) in [6, 6.07) is 0. The molecule has 0 saturated carbocycles. The van der Waals surface area contributed by atoms with Crippen molar-refractivity contribution in [3.8, 4) is 0 Å². The molecule has 108 valence electrons. The van der Waals surface area contributed by atoms with E-state index in [9.17, 15) is 14.5 Å². The minimum atomic E-state index is -3.85. The topological polar surface area (TPSA) is 82.1 Å². The lowest BCUT2D eigenvalue weighted by atomic mass is 10.1. The minimum absolute atomic E-state index is 0.114. The predicted molar refractivity (Wildman–Crippen MR) is 71.5 cm³/mol. The Morgan fingerprint density at radius 1 is 1.33 bits per heavy atom. The standard InChI is InChI=1S/C10H23O6PSi/c1-6-7-8-10(9(11)12,16-18(4)5)17(13,14-2)15-3/h18H,6-8H2,1-5H3,(H,11,12). The molecule has 0 aliphatic rings. The smallest absolute Gasteiger partial charge is 0.372 e. The van der Waals surface area contributed by atoms with E-state index in [0.29, 0.717) is 6.42 Å². The molecule has 1 unspecified atom stereocenters. The van der Waals surface area contributed by atoms with Crippen LogP contribution in [-0.4, -0.2) is 39.7 Å². The number of carboxylic acid groups (broad SMARTS) is 1. The van der Waals surface area contributed by atoms with Gasteiger partial charge in [0.1, 0.15) is 0 Å². The maximum atomic E-state index is 12.5. The summed E-state index contributed by atoms with van der Waals surface area (Å²) < 4.78 is 27.8. The molecule has 0 heterocycles. The molecule has 0 aliphatic heterocycles. The maximum absolute atomic E-state index is 12.5. The second-order valence-electron chi connectivity index (χ2n) is 4.22. The second-order valence-corrected chi connectivity index (χ2v) is 9.00. The van der Waals surface area contributed by atoms with E-state index < -0.39 is 27.9 Å². The van der Waals surface area contributed by atoms with Gasteiger partial charge in [0.2, 0.25) is 0 Å². The van der Waals surface area contributed by atoms with Crippen molar-refractivity contribution in [3.05, 3.63) is 0 Å². The summed E-state index contributed by atoms with van der Waals surface area (Å²) in [5.41, 5.74) is 0. The summed E-state index contributed by atoms with van der Waals surface area (Å²) in [5, 5.41) is 7.58.